The molecule has 0 N–H and O–H groups in total. The van der Waals surface area contributed by atoms with Gasteiger partial charge in [0.05, 0.1) is 35.9 Å². The standard InChI is InChI=1S/C26H21ClN2O5/c1-3-34-17-11-8-15(9-12-17)22-23(29-24(30)18-6-4-5-7-19(18)25(29)31)26(32)28(22)16-10-13-21(33-2)20(27)14-16/h4-14,22-23H,3H2,1-2H3/t22-,23-/m0/s1. The van der Waals surface area contributed by atoms with Crippen LogP contribution in [0, 0.1) is 0 Å². The largest absolute Gasteiger partial charge is 0.495 e. The number of ether oxygens (including phenoxy) is 2. The van der Waals surface area contributed by atoms with Crippen molar-refractivity contribution < 1.29 is 23.9 Å². The number of β-lactam (4-membered cyclic amide) rings is 1. The third-order valence-electron chi connectivity index (χ3n) is 6.12. The van der Waals surface area contributed by atoms with E-state index < -0.39 is 23.9 Å². The number of carbonyl (C=O) groups is 3. The summed E-state index contributed by atoms with van der Waals surface area (Å²) in [5.41, 5.74) is 1.91. The highest BCUT2D eigenvalue weighted by atomic mass is 35.5. The molecule has 5 rings (SSSR count). The molecule has 2 aliphatic rings. The lowest BCUT2D eigenvalue weighted by Crippen LogP contribution is -2.67. The quantitative estimate of drug-likeness (QED) is 0.387. The van der Waals surface area contributed by atoms with Gasteiger partial charge in [-0.25, -0.2) is 0 Å². The molecule has 0 aromatic heterocycles. The van der Waals surface area contributed by atoms with E-state index in [2.05, 4.69) is 0 Å². The van der Waals surface area contributed by atoms with Crippen LogP contribution in [0.1, 0.15) is 39.2 Å². The van der Waals surface area contributed by atoms with E-state index in [-0.39, 0.29) is 5.91 Å². The SMILES string of the molecule is CCOc1ccc([C@H]2[C@H](N3C(=O)c4ccccc4C3=O)C(=O)N2c2ccc(OC)c(Cl)c2)cc1. The predicted molar refractivity (Wildman–Crippen MR) is 127 cm³/mol. The summed E-state index contributed by atoms with van der Waals surface area (Å²) in [7, 11) is 1.51. The van der Waals surface area contributed by atoms with Crippen LogP contribution in [-0.4, -0.2) is 42.4 Å². The van der Waals surface area contributed by atoms with Gasteiger partial charge in [0.25, 0.3) is 17.7 Å². The summed E-state index contributed by atoms with van der Waals surface area (Å²) in [5, 5.41) is 0.349. The molecule has 0 saturated carbocycles. The highest BCUT2D eigenvalue weighted by Gasteiger charge is 2.57. The van der Waals surface area contributed by atoms with Crippen LogP contribution in [0.5, 0.6) is 11.5 Å². The first-order chi connectivity index (χ1) is 16.5. The van der Waals surface area contributed by atoms with Gasteiger partial charge in [-0.2, -0.15) is 0 Å². The lowest BCUT2D eigenvalue weighted by molar-refractivity contribution is -0.130. The average molecular weight is 477 g/mol. The number of hydrogen-bond donors (Lipinski definition) is 0. The number of fused-ring (bicyclic) bond motifs is 1. The van der Waals surface area contributed by atoms with Gasteiger partial charge in [0.15, 0.2) is 0 Å². The number of carbonyl (C=O) groups excluding carboxylic acids is 3. The Morgan fingerprint density at radius 2 is 1.50 bits per heavy atom. The van der Waals surface area contributed by atoms with Gasteiger partial charge >= 0.3 is 0 Å². The minimum absolute atomic E-state index is 0.302. The summed E-state index contributed by atoms with van der Waals surface area (Å²) in [6.07, 6.45) is 0. The molecule has 3 aromatic carbocycles. The fourth-order valence-corrected chi connectivity index (χ4v) is 4.79. The topological polar surface area (TPSA) is 76.2 Å². The summed E-state index contributed by atoms with van der Waals surface area (Å²) in [6, 6.07) is 17.4. The normalized spacial score (nSPS) is 19.2. The number of methoxy groups -OCH3 is 1. The van der Waals surface area contributed by atoms with E-state index in [0.717, 1.165) is 10.5 Å². The molecule has 3 amide bonds. The van der Waals surface area contributed by atoms with Crippen LogP contribution >= 0.6 is 11.6 Å². The second-order valence-electron chi connectivity index (χ2n) is 7.94. The number of nitrogens with zero attached hydrogens (tertiary/aromatic N) is 2. The van der Waals surface area contributed by atoms with Crippen molar-refractivity contribution in [3.8, 4) is 11.5 Å². The lowest BCUT2D eigenvalue weighted by Gasteiger charge is -2.49. The van der Waals surface area contributed by atoms with E-state index in [0.29, 0.717) is 39.9 Å². The first kappa shape index (κ1) is 22.0. The average Bonchev–Trinajstić information content (AvgIpc) is 3.09. The van der Waals surface area contributed by atoms with E-state index in [4.69, 9.17) is 21.1 Å². The summed E-state index contributed by atoms with van der Waals surface area (Å²) in [5.74, 6) is -0.139. The first-order valence-electron chi connectivity index (χ1n) is 10.8. The lowest BCUT2D eigenvalue weighted by atomic mass is 9.86. The monoisotopic (exact) mass is 476 g/mol. The molecule has 34 heavy (non-hydrogen) atoms. The zero-order valence-electron chi connectivity index (χ0n) is 18.5. The molecule has 1 fully saturated rings. The molecule has 3 aromatic rings. The van der Waals surface area contributed by atoms with E-state index in [1.807, 2.05) is 19.1 Å². The third-order valence-corrected chi connectivity index (χ3v) is 6.41. The maximum absolute atomic E-state index is 13.5. The second-order valence-corrected chi connectivity index (χ2v) is 8.35. The molecule has 2 aliphatic heterocycles. The Bertz CT molecular complexity index is 1270. The number of halogens is 1. The molecule has 7 nitrogen and oxygen atoms in total. The number of hydrogen-bond acceptors (Lipinski definition) is 5. The summed E-state index contributed by atoms with van der Waals surface area (Å²) in [6.45, 7) is 2.42. The van der Waals surface area contributed by atoms with E-state index in [1.54, 1.807) is 59.5 Å². The zero-order valence-corrected chi connectivity index (χ0v) is 19.3. The Labute approximate surface area is 201 Å². The summed E-state index contributed by atoms with van der Waals surface area (Å²) >= 11 is 6.32. The van der Waals surface area contributed by atoms with Gasteiger partial charge in [-0.15, -0.1) is 0 Å². The van der Waals surface area contributed by atoms with Crippen molar-refractivity contribution in [3.05, 3.63) is 88.4 Å². The van der Waals surface area contributed by atoms with Crippen molar-refractivity contribution in [2.75, 3.05) is 18.6 Å². The van der Waals surface area contributed by atoms with Gasteiger partial charge in [0.2, 0.25) is 0 Å². The fraction of sp³-hybridized carbons (Fsp3) is 0.192. The van der Waals surface area contributed by atoms with Crippen molar-refractivity contribution >= 4 is 35.0 Å². The van der Waals surface area contributed by atoms with Gasteiger partial charge in [-0.1, -0.05) is 35.9 Å². The fourth-order valence-electron chi connectivity index (χ4n) is 4.54. The van der Waals surface area contributed by atoms with Gasteiger partial charge in [0, 0.05) is 5.69 Å². The number of amides is 3. The van der Waals surface area contributed by atoms with Crippen molar-refractivity contribution in [2.24, 2.45) is 0 Å². The van der Waals surface area contributed by atoms with Gasteiger partial charge in [-0.3, -0.25) is 19.3 Å². The molecule has 172 valence electrons. The molecule has 0 unspecified atom stereocenters. The Balaban J connectivity index is 1.56. The van der Waals surface area contributed by atoms with Crippen LogP contribution in [0.3, 0.4) is 0 Å². The van der Waals surface area contributed by atoms with Gasteiger partial charge in [-0.05, 0) is 55.0 Å². The second kappa shape index (κ2) is 8.50. The van der Waals surface area contributed by atoms with Gasteiger partial charge < -0.3 is 14.4 Å². The Hall–Kier alpha value is -3.84. The summed E-state index contributed by atoms with van der Waals surface area (Å²) < 4.78 is 10.8. The van der Waals surface area contributed by atoms with Crippen LogP contribution < -0.4 is 14.4 Å². The molecule has 1 saturated heterocycles. The molecule has 8 heteroatoms. The number of anilines is 1. The molecule has 0 bridgehead atoms. The van der Waals surface area contributed by atoms with E-state index in [1.165, 1.54) is 7.11 Å². The first-order valence-corrected chi connectivity index (χ1v) is 11.2. The number of rotatable bonds is 6. The zero-order chi connectivity index (χ0) is 24.0. The van der Waals surface area contributed by atoms with Crippen molar-refractivity contribution in [1.29, 1.82) is 0 Å². The Morgan fingerprint density at radius 3 is 2.06 bits per heavy atom. The number of benzene rings is 3. The van der Waals surface area contributed by atoms with E-state index in [9.17, 15) is 14.4 Å². The molecule has 2 atom stereocenters. The van der Waals surface area contributed by atoms with E-state index >= 15 is 0 Å². The van der Waals surface area contributed by atoms with Crippen LogP contribution in [-0.2, 0) is 4.79 Å². The highest BCUT2D eigenvalue weighted by molar-refractivity contribution is 6.32. The minimum Gasteiger partial charge on any atom is -0.495 e. The predicted octanol–water partition coefficient (Wildman–Crippen LogP) is 4.50. The van der Waals surface area contributed by atoms with Crippen LogP contribution in [0.2, 0.25) is 5.02 Å². The smallest absolute Gasteiger partial charge is 0.262 e. The maximum atomic E-state index is 13.5. The van der Waals surface area contributed by atoms with Crippen LogP contribution in [0.4, 0.5) is 5.69 Å². The summed E-state index contributed by atoms with van der Waals surface area (Å²) in [4.78, 5) is 42.4. The van der Waals surface area contributed by atoms with Crippen LogP contribution in [0.15, 0.2) is 66.7 Å². The maximum Gasteiger partial charge on any atom is 0.262 e. The number of imide groups is 1. The molecule has 0 radical (unpaired) electrons. The highest BCUT2D eigenvalue weighted by Crippen LogP contribution is 2.45. The molecular formula is C26H21ClN2O5. The minimum atomic E-state index is -0.980. The molecule has 0 spiro atoms. The molecule has 2 heterocycles. The molecule has 0 aliphatic carbocycles. The van der Waals surface area contributed by atoms with Crippen LogP contribution in [0.25, 0.3) is 0 Å². The Morgan fingerprint density at radius 1 is 0.853 bits per heavy atom. The van der Waals surface area contributed by atoms with Crippen molar-refractivity contribution in [3.63, 3.8) is 0 Å². The molecular weight excluding hydrogens is 456 g/mol. The Kier molecular flexibility index (Phi) is 5.49. The third kappa shape index (κ3) is 3.31. The van der Waals surface area contributed by atoms with Gasteiger partial charge in [0.1, 0.15) is 17.5 Å². The van der Waals surface area contributed by atoms with Crippen molar-refractivity contribution in [2.45, 2.75) is 19.0 Å². The van der Waals surface area contributed by atoms with Crippen molar-refractivity contribution in [1.82, 2.24) is 4.90 Å².